The second-order valence-electron chi connectivity index (χ2n) is 12.2. The van der Waals surface area contributed by atoms with Crippen LogP contribution in [-0.4, -0.2) is 81.0 Å². The van der Waals surface area contributed by atoms with E-state index in [1.807, 2.05) is 24.3 Å². The number of methoxy groups -OCH3 is 3. The molecule has 0 unspecified atom stereocenters. The van der Waals surface area contributed by atoms with Gasteiger partial charge in [0.25, 0.3) is 5.56 Å². The van der Waals surface area contributed by atoms with Crippen LogP contribution in [0, 0.1) is 0 Å². The van der Waals surface area contributed by atoms with Gasteiger partial charge in [0, 0.05) is 68.3 Å². The zero-order valence-corrected chi connectivity index (χ0v) is 29.6. The Morgan fingerprint density at radius 1 is 1.00 bits per heavy atom. The fraction of sp³-hybridized carbons (Fsp3) is 0.361. The van der Waals surface area contributed by atoms with E-state index in [9.17, 15) is 9.59 Å². The van der Waals surface area contributed by atoms with Crippen molar-refractivity contribution in [3.8, 4) is 22.6 Å². The Hall–Kier alpha value is -4.29. The molecule has 0 spiro atoms. The van der Waals surface area contributed by atoms with E-state index in [1.54, 1.807) is 30.0 Å². The van der Waals surface area contributed by atoms with Crippen molar-refractivity contribution in [1.29, 1.82) is 0 Å². The number of carbonyl (C=O) groups is 1. The molecule has 2 aromatic heterocycles. The Bertz CT molecular complexity index is 1940. The summed E-state index contributed by atoms with van der Waals surface area (Å²) < 4.78 is 18.4. The third-order valence-electron chi connectivity index (χ3n) is 9.34. The zero-order valence-electron chi connectivity index (χ0n) is 28.1. The zero-order chi connectivity index (χ0) is 34.9. The van der Waals surface area contributed by atoms with Crippen molar-refractivity contribution in [3.05, 3.63) is 75.6 Å². The molecular formula is C36H40Cl2N6O5. The van der Waals surface area contributed by atoms with Gasteiger partial charge in [-0.1, -0.05) is 36.7 Å². The molecule has 6 rings (SSSR count). The standard InChI is InChI=1S/C36H40Cl2N6O5/c1-6-31(45)41-26-17-23(43-14-12-42(7-2)13-15-43)8-9-25(26)40-30-18-27-22(20-39-30)16-24(35(46)44(27)36(10-11-36)21-47-3)32-33(37)28(48-4)19-29(49-5)34(32)38/h6,8-9,16-20H,1,7,10-15,21H2,2-5H3,(H,39,40)(H,41,45). The van der Waals surface area contributed by atoms with E-state index in [1.165, 1.54) is 20.3 Å². The monoisotopic (exact) mass is 706 g/mol. The fourth-order valence-corrected chi connectivity index (χ4v) is 7.18. The van der Waals surface area contributed by atoms with Crippen LogP contribution in [0.15, 0.2) is 60.0 Å². The largest absolute Gasteiger partial charge is 0.495 e. The topological polar surface area (TPSA) is 110 Å². The molecule has 1 aliphatic heterocycles. The summed E-state index contributed by atoms with van der Waals surface area (Å²) in [6.07, 6.45) is 4.43. The lowest BCUT2D eigenvalue weighted by Crippen LogP contribution is -2.46. The molecule has 1 aliphatic carbocycles. The number of carbonyl (C=O) groups excluding carboxylic acids is 1. The maximum atomic E-state index is 14.6. The third-order valence-corrected chi connectivity index (χ3v) is 10.1. The van der Waals surface area contributed by atoms with Crippen LogP contribution >= 0.6 is 23.2 Å². The minimum Gasteiger partial charge on any atom is -0.495 e. The van der Waals surface area contributed by atoms with Gasteiger partial charge >= 0.3 is 0 Å². The summed E-state index contributed by atoms with van der Waals surface area (Å²) >= 11 is 13.6. The second-order valence-corrected chi connectivity index (χ2v) is 13.0. The molecular weight excluding hydrogens is 667 g/mol. The summed E-state index contributed by atoms with van der Waals surface area (Å²) in [5.41, 5.74) is 2.65. The lowest BCUT2D eigenvalue weighted by atomic mass is 10.0. The number of halogens is 2. The highest BCUT2D eigenvalue weighted by molar-refractivity contribution is 6.41. The maximum absolute atomic E-state index is 14.6. The van der Waals surface area contributed by atoms with Gasteiger partial charge in [-0.2, -0.15) is 0 Å². The Morgan fingerprint density at radius 3 is 2.29 bits per heavy atom. The van der Waals surface area contributed by atoms with Gasteiger partial charge in [0.05, 0.1) is 58.9 Å². The molecule has 0 atom stereocenters. The smallest absolute Gasteiger partial charge is 0.259 e. The highest BCUT2D eigenvalue weighted by Gasteiger charge is 2.47. The van der Waals surface area contributed by atoms with Crippen LogP contribution < -0.4 is 30.6 Å². The first-order chi connectivity index (χ1) is 23.7. The normalized spacial score (nSPS) is 15.6. The van der Waals surface area contributed by atoms with E-state index < -0.39 is 5.54 Å². The van der Waals surface area contributed by atoms with Crippen LogP contribution in [0.3, 0.4) is 0 Å². The van der Waals surface area contributed by atoms with Crippen LogP contribution in [0.25, 0.3) is 22.0 Å². The van der Waals surface area contributed by atoms with Crippen molar-refractivity contribution in [3.63, 3.8) is 0 Å². The van der Waals surface area contributed by atoms with E-state index in [2.05, 4.69) is 33.9 Å². The number of piperazine rings is 1. The predicted molar refractivity (Wildman–Crippen MR) is 197 cm³/mol. The second kappa shape index (κ2) is 14.3. The number of ether oxygens (including phenoxy) is 3. The minimum atomic E-state index is -0.562. The molecule has 3 heterocycles. The van der Waals surface area contributed by atoms with Crippen molar-refractivity contribution in [2.75, 3.05) is 76.2 Å². The summed E-state index contributed by atoms with van der Waals surface area (Å²) in [6, 6.07) is 11.1. The SMILES string of the molecule is C=CC(=O)Nc1cc(N2CCN(CC)CC2)ccc1Nc1cc2c(cn1)cc(-c1c(Cl)c(OC)cc(OC)c1Cl)c(=O)n2C1(COC)CC1. The fourth-order valence-electron chi connectivity index (χ4n) is 6.48. The number of benzene rings is 2. The van der Waals surface area contributed by atoms with Crippen molar-refractivity contribution in [1.82, 2.24) is 14.5 Å². The third kappa shape index (κ3) is 6.68. The van der Waals surface area contributed by atoms with Gasteiger partial charge in [-0.3, -0.25) is 14.2 Å². The number of hydrogen-bond donors (Lipinski definition) is 2. The van der Waals surface area contributed by atoms with Gasteiger partial charge in [0.15, 0.2) is 0 Å². The van der Waals surface area contributed by atoms with Gasteiger partial charge in [0.1, 0.15) is 17.3 Å². The molecule has 11 nitrogen and oxygen atoms in total. The highest BCUT2D eigenvalue weighted by atomic mass is 35.5. The quantitative estimate of drug-likeness (QED) is 0.159. The van der Waals surface area contributed by atoms with Gasteiger partial charge in [-0.05, 0) is 49.7 Å². The number of hydrogen-bond acceptors (Lipinski definition) is 9. The van der Waals surface area contributed by atoms with E-state index >= 15 is 0 Å². The molecule has 2 aliphatic rings. The van der Waals surface area contributed by atoms with Gasteiger partial charge in [-0.15, -0.1) is 0 Å². The first-order valence-electron chi connectivity index (χ1n) is 16.1. The number of nitrogens with zero attached hydrogens (tertiary/aromatic N) is 4. The Balaban J connectivity index is 1.45. The van der Waals surface area contributed by atoms with E-state index in [0.717, 1.165) is 51.3 Å². The molecule has 0 bridgehead atoms. The van der Waals surface area contributed by atoms with Crippen LogP contribution in [0.5, 0.6) is 11.5 Å². The molecule has 49 heavy (non-hydrogen) atoms. The summed E-state index contributed by atoms with van der Waals surface area (Å²) in [6.45, 7) is 10.9. The Morgan fingerprint density at radius 2 is 1.69 bits per heavy atom. The summed E-state index contributed by atoms with van der Waals surface area (Å²) in [5, 5.41) is 7.41. The molecule has 1 amide bonds. The average Bonchev–Trinajstić information content (AvgIpc) is 3.89. The number of pyridine rings is 2. The molecule has 258 valence electrons. The van der Waals surface area contributed by atoms with Gasteiger partial charge < -0.3 is 34.6 Å². The molecule has 2 fully saturated rings. The van der Waals surface area contributed by atoms with Crippen LogP contribution in [0.1, 0.15) is 19.8 Å². The summed E-state index contributed by atoms with van der Waals surface area (Å²) in [5.74, 6) is 0.811. The average molecular weight is 708 g/mol. The number of fused-ring (bicyclic) bond motifs is 1. The highest BCUT2D eigenvalue weighted by Crippen LogP contribution is 2.48. The Kier molecular flexibility index (Phi) is 10.1. The molecule has 13 heteroatoms. The number of amides is 1. The van der Waals surface area contributed by atoms with E-state index in [-0.39, 0.29) is 27.1 Å². The summed E-state index contributed by atoms with van der Waals surface area (Å²) in [4.78, 5) is 36.5. The molecule has 4 aromatic rings. The number of aromatic nitrogens is 2. The van der Waals surface area contributed by atoms with Crippen molar-refractivity contribution in [2.45, 2.75) is 25.3 Å². The van der Waals surface area contributed by atoms with Crippen molar-refractivity contribution in [2.24, 2.45) is 0 Å². The van der Waals surface area contributed by atoms with Gasteiger partial charge in [-0.25, -0.2) is 4.98 Å². The maximum Gasteiger partial charge on any atom is 0.259 e. The number of nitrogens with one attached hydrogen (secondary N) is 2. The molecule has 0 radical (unpaired) electrons. The molecule has 2 aromatic carbocycles. The lowest BCUT2D eigenvalue weighted by molar-refractivity contribution is -0.111. The van der Waals surface area contributed by atoms with Crippen LogP contribution in [0.4, 0.5) is 22.9 Å². The van der Waals surface area contributed by atoms with E-state index in [4.69, 9.17) is 42.4 Å². The van der Waals surface area contributed by atoms with E-state index in [0.29, 0.717) is 51.8 Å². The minimum absolute atomic E-state index is 0.198. The van der Waals surface area contributed by atoms with Crippen molar-refractivity contribution < 1.29 is 19.0 Å². The predicted octanol–water partition coefficient (Wildman–Crippen LogP) is 6.53. The number of rotatable bonds is 12. The van der Waals surface area contributed by atoms with Gasteiger partial charge in [0.2, 0.25) is 5.91 Å². The first-order valence-corrected chi connectivity index (χ1v) is 16.9. The first kappa shape index (κ1) is 34.6. The van der Waals surface area contributed by atoms with Crippen LogP contribution in [-0.2, 0) is 15.1 Å². The number of likely N-dealkylation sites (N-methyl/N-ethyl adjacent to an activating group) is 1. The summed E-state index contributed by atoms with van der Waals surface area (Å²) in [7, 11) is 4.60. The molecule has 2 N–H and O–H groups in total. The van der Waals surface area contributed by atoms with Crippen molar-refractivity contribution >= 4 is 62.9 Å². The van der Waals surface area contributed by atoms with Crippen LogP contribution in [0.2, 0.25) is 10.0 Å². The lowest BCUT2D eigenvalue weighted by Gasteiger charge is -2.35. The Labute approximate surface area is 295 Å². The molecule has 1 saturated heterocycles. The molecule has 1 saturated carbocycles. The number of anilines is 4.